The molecule has 1 N–H and O–H groups in total. The predicted octanol–water partition coefficient (Wildman–Crippen LogP) is 7.50. The van der Waals surface area contributed by atoms with E-state index in [1.165, 1.54) is 0 Å². The zero-order valence-corrected chi connectivity index (χ0v) is 23.5. The van der Waals surface area contributed by atoms with Gasteiger partial charge in [0.2, 0.25) is 0 Å². The van der Waals surface area contributed by atoms with Crippen molar-refractivity contribution in [3.8, 4) is 11.5 Å². The summed E-state index contributed by atoms with van der Waals surface area (Å²) >= 11 is 0. The van der Waals surface area contributed by atoms with Gasteiger partial charge in [0.15, 0.2) is 5.79 Å². The molecule has 0 unspecified atom stereocenters. The van der Waals surface area contributed by atoms with E-state index in [4.69, 9.17) is 18.9 Å². The fourth-order valence-electron chi connectivity index (χ4n) is 4.70. The van der Waals surface area contributed by atoms with Gasteiger partial charge < -0.3 is 24.1 Å². The Kier molecular flexibility index (Phi) is 9.32. The van der Waals surface area contributed by atoms with E-state index < -0.39 is 11.9 Å². The number of benzene rings is 4. The Morgan fingerprint density at radius 2 is 1.15 bits per heavy atom. The molecule has 41 heavy (non-hydrogen) atoms. The van der Waals surface area contributed by atoms with Gasteiger partial charge in [-0.15, -0.1) is 0 Å². The quantitative estimate of drug-likeness (QED) is 0.197. The number of ether oxygens (including phenoxy) is 4. The van der Waals surface area contributed by atoms with E-state index in [0.29, 0.717) is 13.2 Å². The van der Waals surface area contributed by atoms with Gasteiger partial charge >= 0.3 is 0 Å². The van der Waals surface area contributed by atoms with Crippen LogP contribution in [0.15, 0.2) is 103 Å². The SMILES string of the molecule is CC1(C)O[C@@H](CO)[C@H](COc2ccccc2/C=C/c2ccc(/C=C/c3ccccc3OCc3ccccc3)cc2)O1. The standard InChI is InChI=1S/C36H36O5/c1-36(2)40-34(24-37)35(41-36)26-39-33-15-9-7-13-31(33)23-21-28-18-16-27(17-19-28)20-22-30-12-6-8-14-32(30)38-25-29-10-4-3-5-11-29/h3-23,34-35,37H,24-26H2,1-2H3/b22-20+,23-21+/t34-,35-/m0/s1. The first-order valence-corrected chi connectivity index (χ1v) is 13.9. The smallest absolute Gasteiger partial charge is 0.164 e. The molecule has 2 atom stereocenters. The van der Waals surface area contributed by atoms with Crippen molar-refractivity contribution in [2.24, 2.45) is 0 Å². The molecule has 0 bridgehead atoms. The summed E-state index contributed by atoms with van der Waals surface area (Å²) in [7, 11) is 0. The van der Waals surface area contributed by atoms with Gasteiger partial charge in [0.25, 0.3) is 0 Å². The van der Waals surface area contributed by atoms with Crippen LogP contribution in [0.3, 0.4) is 0 Å². The lowest BCUT2D eigenvalue weighted by Gasteiger charge is -2.17. The summed E-state index contributed by atoms with van der Waals surface area (Å²) in [6.45, 7) is 4.40. The molecule has 1 aliphatic heterocycles. The van der Waals surface area contributed by atoms with Crippen molar-refractivity contribution < 1.29 is 24.1 Å². The summed E-state index contributed by atoms with van der Waals surface area (Å²) < 4.78 is 23.8. The van der Waals surface area contributed by atoms with Crippen LogP contribution in [-0.4, -0.2) is 36.3 Å². The first-order valence-electron chi connectivity index (χ1n) is 13.9. The van der Waals surface area contributed by atoms with Crippen LogP contribution in [0.2, 0.25) is 0 Å². The van der Waals surface area contributed by atoms with Gasteiger partial charge in [0.05, 0.1) is 6.61 Å². The highest BCUT2D eigenvalue weighted by atomic mass is 16.8. The molecule has 0 amide bonds. The number of hydrogen-bond donors (Lipinski definition) is 1. The van der Waals surface area contributed by atoms with Gasteiger partial charge in [-0.1, -0.05) is 115 Å². The first kappa shape index (κ1) is 28.4. The highest BCUT2D eigenvalue weighted by Crippen LogP contribution is 2.29. The fourth-order valence-corrected chi connectivity index (χ4v) is 4.70. The van der Waals surface area contributed by atoms with Crippen LogP contribution < -0.4 is 9.47 Å². The van der Waals surface area contributed by atoms with Crippen molar-refractivity contribution in [3.63, 3.8) is 0 Å². The average Bonchev–Trinajstić information content (AvgIpc) is 3.32. The molecule has 1 aliphatic rings. The Morgan fingerprint density at radius 1 is 0.634 bits per heavy atom. The van der Waals surface area contributed by atoms with Crippen molar-refractivity contribution in [1.82, 2.24) is 0 Å². The molecule has 4 aromatic carbocycles. The monoisotopic (exact) mass is 548 g/mol. The van der Waals surface area contributed by atoms with Crippen LogP contribution in [0.1, 0.15) is 41.7 Å². The summed E-state index contributed by atoms with van der Waals surface area (Å²) in [5, 5.41) is 9.63. The zero-order valence-electron chi connectivity index (χ0n) is 23.5. The number of hydrogen-bond acceptors (Lipinski definition) is 5. The summed E-state index contributed by atoms with van der Waals surface area (Å²) in [4.78, 5) is 0. The van der Waals surface area contributed by atoms with Gasteiger partial charge in [-0.25, -0.2) is 0 Å². The lowest BCUT2D eigenvalue weighted by Crippen LogP contribution is -2.31. The Bertz CT molecular complexity index is 1460. The Hall–Kier alpha value is -4.16. The van der Waals surface area contributed by atoms with Gasteiger partial charge in [-0.05, 0) is 42.7 Å². The molecule has 210 valence electrons. The predicted molar refractivity (Wildman–Crippen MR) is 164 cm³/mol. The normalized spacial score (nSPS) is 18.2. The molecule has 1 saturated heterocycles. The second-order valence-electron chi connectivity index (χ2n) is 10.4. The molecular formula is C36H36O5. The number of aliphatic hydroxyl groups excluding tert-OH is 1. The van der Waals surface area contributed by atoms with Crippen LogP contribution in [0.5, 0.6) is 11.5 Å². The molecule has 5 rings (SSSR count). The van der Waals surface area contributed by atoms with Crippen LogP contribution in [0.4, 0.5) is 0 Å². The van der Waals surface area contributed by atoms with Crippen LogP contribution in [0.25, 0.3) is 24.3 Å². The summed E-state index contributed by atoms with van der Waals surface area (Å²) in [5.74, 6) is 0.874. The fraction of sp³-hybridized carbons (Fsp3) is 0.222. The van der Waals surface area contributed by atoms with E-state index in [1.54, 1.807) is 0 Å². The maximum absolute atomic E-state index is 9.63. The van der Waals surface area contributed by atoms with Gasteiger partial charge in [-0.2, -0.15) is 0 Å². The third-order valence-electron chi connectivity index (χ3n) is 6.79. The second kappa shape index (κ2) is 13.5. The minimum atomic E-state index is -0.734. The molecule has 1 heterocycles. The Balaban J connectivity index is 1.20. The second-order valence-corrected chi connectivity index (χ2v) is 10.4. The maximum Gasteiger partial charge on any atom is 0.164 e. The maximum atomic E-state index is 9.63. The number of rotatable bonds is 11. The highest BCUT2D eigenvalue weighted by molar-refractivity contribution is 5.75. The third kappa shape index (κ3) is 7.95. The van der Waals surface area contributed by atoms with Gasteiger partial charge in [-0.3, -0.25) is 0 Å². The van der Waals surface area contributed by atoms with Crippen LogP contribution in [0, 0.1) is 0 Å². The average molecular weight is 549 g/mol. The van der Waals surface area contributed by atoms with Crippen molar-refractivity contribution in [2.45, 2.75) is 38.4 Å². The third-order valence-corrected chi connectivity index (χ3v) is 6.79. The molecule has 0 radical (unpaired) electrons. The molecule has 5 heteroatoms. The topological polar surface area (TPSA) is 57.2 Å². The van der Waals surface area contributed by atoms with E-state index in [-0.39, 0.29) is 12.7 Å². The molecule has 0 aromatic heterocycles. The highest BCUT2D eigenvalue weighted by Gasteiger charge is 2.41. The molecule has 5 nitrogen and oxygen atoms in total. The van der Waals surface area contributed by atoms with Crippen molar-refractivity contribution in [1.29, 1.82) is 0 Å². The van der Waals surface area contributed by atoms with Crippen molar-refractivity contribution in [2.75, 3.05) is 13.2 Å². The molecular weight excluding hydrogens is 512 g/mol. The van der Waals surface area contributed by atoms with Crippen LogP contribution in [-0.2, 0) is 16.1 Å². The molecule has 1 fully saturated rings. The van der Waals surface area contributed by atoms with Gasteiger partial charge in [0.1, 0.15) is 36.9 Å². The lowest BCUT2D eigenvalue weighted by atomic mass is 10.1. The van der Waals surface area contributed by atoms with E-state index in [2.05, 4.69) is 60.7 Å². The molecule has 0 saturated carbocycles. The van der Waals surface area contributed by atoms with E-state index in [0.717, 1.165) is 39.3 Å². The minimum Gasteiger partial charge on any atom is -0.490 e. The number of para-hydroxylation sites is 2. The number of aliphatic hydroxyl groups is 1. The van der Waals surface area contributed by atoms with Crippen LogP contribution >= 0.6 is 0 Å². The Morgan fingerprint density at radius 3 is 1.73 bits per heavy atom. The lowest BCUT2D eigenvalue weighted by molar-refractivity contribution is -0.150. The summed E-state index contributed by atoms with van der Waals surface area (Å²) in [6, 6.07) is 34.5. The minimum absolute atomic E-state index is 0.112. The first-order chi connectivity index (χ1) is 20.0. The van der Waals surface area contributed by atoms with E-state index >= 15 is 0 Å². The molecule has 0 aliphatic carbocycles. The molecule has 0 spiro atoms. The van der Waals surface area contributed by atoms with E-state index in [9.17, 15) is 5.11 Å². The Labute approximate surface area is 242 Å². The van der Waals surface area contributed by atoms with Crippen molar-refractivity contribution in [3.05, 3.63) is 131 Å². The van der Waals surface area contributed by atoms with E-state index in [1.807, 2.05) is 80.6 Å². The zero-order chi connectivity index (χ0) is 28.5. The van der Waals surface area contributed by atoms with Gasteiger partial charge in [0, 0.05) is 11.1 Å². The molecule has 4 aromatic rings. The van der Waals surface area contributed by atoms with Crippen molar-refractivity contribution >= 4 is 24.3 Å². The summed E-state index contributed by atoms with van der Waals surface area (Å²) in [6.07, 6.45) is 7.54. The summed E-state index contributed by atoms with van der Waals surface area (Å²) in [5.41, 5.74) is 5.32. The largest absolute Gasteiger partial charge is 0.490 e.